The summed E-state index contributed by atoms with van der Waals surface area (Å²) in [6.45, 7) is 5.15. The van der Waals surface area contributed by atoms with Crippen LogP contribution in [0.5, 0.6) is 0 Å². The Morgan fingerprint density at radius 2 is 2.08 bits per heavy atom. The lowest BCUT2D eigenvalue weighted by Gasteiger charge is -2.12. The summed E-state index contributed by atoms with van der Waals surface area (Å²) in [4.78, 5) is 11.0. The van der Waals surface area contributed by atoms with Crippen molar-refractivity contribution in [3.63, 3.8) is 0 Å². The molecule has 0 aliphatic carbocycles. The molecule has 0 saturated heterocycles. The zero-order valence-corrected chi connectivity index (χ0v) is 8.71. The van der Waals surface area contributed by atoms with Gasteiger partial charge in [0.25, 0.3) is 0 Å². The van der Waals surface area contributed by atoms with Gasteiger partial charge >= 0.3 is 5.97 Å². The third-order valence-electron chi connectivity index (χ3n) is 2.21. The monoisotopic (exact) mass is 187 g/mol. The molecule has 0 bridgehead atoms. The van der Waals surface area contributed by atoms with E-state index in [9.17, 15) is 4.79 Å². The fourth-order valence-electron chi connectivity index (χ4n) is 1.34. The van der Waals surface area contributed by atoms with Gasteiger partial charge in [-0.15, -0.1) is 0 Å². The number of ether oxygens (including phenoxy) is 1. The second-order valence-corrected chi connectivity index (χ2v) is 3.20. The van der Waals surface area contributed by atoms with Crippen molar-refractivity contribution in [2.45, 2.75) is 39.5 Å². The summed E-state index contributed by atoms with van der Waals surface area (Å²) in [5.74, 6) is 0.493. The van der Waals surface area contributed by atoms with Gasteiger partial charge in [-0.2, -0.15) is 0 Å². The van der Waals surface area contributed by atoms with Crippen LogP contribution in [0.2, 0.25) is 0 Å². The minimum Gasteiger partial charge on any atom is -0.466 e. The highest BCUT2D eigenvalue weighted by Gasteiger charge is 2.08. The number of carbonyl (C=O) groups is 1. The zero-order valence-electron chi connectivity index (χ0n) is 8.71. The molecular formula is C10H21NO2. The number of rotatable bonds is 7. The number of carbonyl (C=O) groups excluding carboxylic acids is 1. The maximum Gasteiger partial charge on any atom is 0.305 e. The molecular weight excluding hydrogens is 166 g/mol. The Labute approximate surface area is 80.6 Å². The van der Waals surface area contributed by atoms with Crippen molar-refractivity contribution >= 4 is 5.97 Å². The van der Waals surface area contributed by atoms with Gasteiger partial charge in [-0.1, -0.05) is 13.3 Å². The molecule has 0 saturated carbocycles. The molecule has 0 radical (unpaired) electrons. The third kappa shape index (κ3) is 6.58. The first kappa shape index (κ1) is 12.4. The van der Waals surface area contributed by atoms with Crippen LogP contribution < -0.4 is 5.73 Å². The van der Waals surface area contributed by atoms with Crippen molar-refractivity contribution in [2.24, 2.45) is 11.7 Å². The molecule has 0 fully saturated rings. The average Bonchev–Trinajstić information content (AvgIpc) is 2.12. The second-order valence-electron chi connectivity index (χ2n) is 3.20. The summed E-state index contributed by atoms with van der Waals surface area (Å²) in [7, 11) is 0. The van der Waals surface area contributed by atoms with Gasteiger partial charge in [-0.05, 0) is 32.2 Å². The highest BCUT2D eigenvalue weighted by atomic mass is 16.5. The molecule has 1 unspecified atom stereocenters. The van der Waals surface area contributed by atoms with E-state index in [0.717, 1.165) is 19.3 Å². The lowest BCUT2D eigenvalue weighted by molar-refractivity contribution is -0.143. The van der Waals surface area contributed by atoms with Gasteiger partial charge in [0.15, 0.2) is 0 Å². The summed E-state index contributed by atoms with van der Waals surface area (Å²) in [5, 5.41) is 0. The molecule has 78 valence electrons. The summed E-state index contributed by atoms with van der Waals surface area (Å²) in [6, 6.07) is 0. The fraction of sp³-hybridized carbons (Fsp3) is 0.900. The topological polar surface area (TPSA) is 52.3 Å². The number of nitrogens with two attached hydrogens (primary N) is 1. The highest BCUT2D eigenvalue weighted by Crippen LogP contribution is 2.14. The van der Waals surface area contributed by atoms with Gasteiger partial charge in [-0.25, -0.2) is 0 Å². The summed E-state index contributed by atoms with van der Waals surface area (Å²) in [5.41, 5.74) is 5.45. The van der Waals surface area contributed by atoms with Gasteiger partial charge in [0.1, 0.15) is 0 Å². The van der Waals surface area contributed by atoms with E-state index < -0.39 is 0 Å². The van der Waals surface area contributed by atoms with E-state index in [1.165, 1.54) is 0 Å². The van der Waals surface area contributed by atoms with Gasteiger partial charge in [-0.3, -0.25) is 4.79 Å². The Morgan fingerprint density at radius 3 is 2.54 bits per heavy atom. The van der Waals surface area contributed by atoms with Crippen LogP contribution in [0.3, 0.4) is 0 Å². The Balaban J connectivity index is 3.52. The van der Waals surface area contributed by atoms with E-state index >= 15 is 0 Å². The van der Waals surface area contributed by atoms with Crippen LogP contribution in [0.25, 0.3) is 0 Å². The SMILES string of the molecule is CCOC(=O)CCC(CC)CCN. The molecule has 0 aliphatic rings. The molecule has 0 aromatic carbocycles. The van der Waals surface area contributed by atoms with E-state index in [-0.39, 0.29) is 5.97 Å². The van der Waals surface area contributed by atoms with Gasteiger partial charge < -0.3 is 10.5 Å². The van der Waals surface area contributed by atoms with Crippen molar-refractivity contribution in [3.05, 3.63) is 0 Å². The second kappa shape index (κ2) is 8.05. The van der Waals surface area contributed by atoms with Crippen molar-refractivity contribution in [1.82, 2.24) is 0 Å². The third-order valence-corrected chi connectivity index (χ3v) is 2.21. The Hall–Kier alpha value is -0.570. The van der Waals surface area contributed by atoms with E-state index in [1.54, 1.807) is 0 Å². The molecule has 0 amide bonds. The zero-order chi connectivity index (χ0) is 10.1. The lowest BCUT2D eigenvalue weighted by Crippen LogP contribution is -2.11. The number of esters is 1. The van der Waals surface area contributed by atoms with Crippen LogP contribution in [-0.4, -0.2) is 19.1 Å². The molecule has 0 rings (SSSR count). The maximum atomic E-state index is 11.0. The minimum atomic E-state index is -0.0852. The largest absolute Gasteiger partial charge is 0.466 e. The molecule has 0 spiro atoms. The average molecular weight is 187 g/mol. The van der Waals surface area contributed by atoms with Gasteiger partial charge in [0.2, 0.25) is 0 Å². The standard InChI is InChI=1S/C10H21NO2/c1-3-9(7-8-11)5-6-10(12)13-4-2/h9H,3-8,11H2,1-2H3. The molecule has 13 heavy (non-hydrogen) atoms. The molecule has 0 aromatic heterocycles. The van der Waals surface area contributed by atoms with Crippen LogP contribution in [0, 0.1) is 5.92 Å². The van der Waals surface area contributed by atoms with Crippen molar-refractivity contribution < 1.29 is 9.53 Å². The van der Waals surface area contributed by atoms with Crippen LogP contribution in [0.1, 0.15) is 39.5 Å². The summed E-state index contributed by atoms with van der Waals surface area (Å²) in [6.07, 6.45) is 3.55. The Morgan fingerprint density at radius 1 is 1.38 bits per heavy atom. The van der Waals surface area contributed by atoms with E-state index in [4.69, 9.17) is 10.5 Å². The predicted molar refractivity (Wildman–Crippen MR) is 53.3 cm³/mol. The first-order valence-electron chi connectivity index (χ1n) is 5.10. The van der Waals surface area contributed by atoms with Crippen LogP contribution in [0.15, 0.2) is 0 Å². The normalized spacial score (nSPS) is 12.5. The van der Waals surface area contributed by atoms with Crippen LogP contribution in [-0.2, 0) is 9.53 Å². The maximum absolute atomic E-state index is 11.0. The summed E-state index contributed by atoms with van der Waals surface area (Å²) < 4.78 is 4.84. The van der Waals surface area contributed by atoms with Gasteiger partial charge in [0, 0.05) is 6.42 Å². The minimum absolute atomic E-state index is 0.0852. The first-order chi connectivity index (χ1) is 6.24. The van der Waals surface area contributed by atoms with E-state index in [0.29, 0.717) is 25.5 Å². The molecule has 0 heterocycles. The Kier molecular flexibility index (Phi) is 7.69. The molecule has 0 aromatic rings. The molecule has 0 aliphatic heterocycles. The van der Waals surface area contributed by atoms with Crippen molar-refractivity contribution in [3.8, 4) is 0 Å². The molecule has 3 nitrogen and oxygen atoms in total. The smallest absolute Gasteiger partial charge is 0.305 e. The molecule has 3 heteroatoms. The van der Waals surface area contributed by atoms with E-state index in [1.807, 2.05) is 6.92 Å². The quantitative estimate of drug-likeness (QED) is 0.617. The number of hydrogen-bond acceptors (Lipinski definition) is 3. The molecule has 1 atom stereocenters. The number of hydrogen-bond donors (Lipinski definition) is 1. The van der Waals surface area contributed by atoms with Crippen molar-refractivity contribution in [2.75, 3.05) is 13.2 Å². The fourth-order valence-corrected chi connectivity index (χ4v) is 1.34. The van der Waals surface area contributed by atoms with Crippen molar-refractivity contribution in [1.29, 1.82) is 0 Å². The summed E-state index contributed by atoms with van der Waals surface area (Å²) >= 11 is 0. The predicted octanol–water partition coefficient (Wildman–Crippen LogP) is 1.70. The Bertz CT molecular complexity index is 137. The van der Waals surface area contributed by atoms with E-state index in [2.05, 4.69) is 6.92 Å². The first-order valence-corrected chi connectivity index (χ1v) is 5.10. The van der Waals surface area contributed by atoms with Crippen LogP contribution >= 0.6 is 0 Å². The van der Waals surface area contributed by atoms with Crippen LogP contribution in [0.4, 0.5) is 0 Å². The van der Waals surface area contributed by atoms with Gasteiger partial charge in [0.05, 0.1) is 6.61 Å². The lowest BCUT2D eigenvalue weighted by atomic mass is 9.97. The highest BCUT2D eigenvalue weighted by molar-refractivity contribution is 5.69. The molecule has 2 N–H and O–H groups in total.